The highest BCUT2D eigenvalue weighted by Gasteiger charge is 2.19. The first-order chi connectivity index (χ1) is 7.86. The summed E-state index contributed by atoms with van der Waals surface area (Å²) in [5.41, 5.74) is 1.06. The fourth-order valence-corrected chi connectivity index (χ4v) is 2.05. The van der Waals surface area contributed by atoms with E-state index < -0.39 is 6.17 Å². The Morgan fingerprint density at radius 1 is 1.25 bits per heavy atom. The van der Waals surface area contributed by atoms with Gasteiger partial charge in [-0.15, -0.1) is 0 Å². The molecular weight excluding hydrogens is 201 g/mol. The van der Waals surface area contributed by atoms with Crippen molar-refractivity contribution in [3.8, 4) is 0 Å². The van der Waals surface area contributed by atoms with Gasteiger partial charge in [0.15, 0.2) is 0 Å². The van der Waals surface area contributed by atoms with Crippen LogP contribution in [0.15, 0.2) is 36.4 Å². The molecule has 0 spiro atoms. The molecule has 0 aromatic heterocycles. The number of halogens is 1. The number of alkyl halides is 1. The lowest BCUT2D eigenvalue weighted by atomic mass is 10.00. The van der Waals surface area contributed by atoms with Gasteiger partial charge in [0, 0.05) is 6.04 Å². The molecule has 16 heavy (non-hydrogen) atoms. The van der Waals surface area contributed by atoms with E-state index in [9.17, 15) is 4.39 Å². The Balaban J connectivity index is 1.91. The maximum absolute atomic E-state index is 13.8. The summed E-state index contributed by atoms with van der Waals surface area (Å²) >= 11 is 0. The average molecular weight is 219 g/mol. The lowest BCUT2D eigenvalue weighted by Crippen LogP contribution is -2.40. The molecule has 86 valence electrons. The van der Waals surface area contributed by atoms with Crippen molar-refractivity contribution in [2.75, 3.05) is 6.54 Å². The molecule has 1 aromatic rings. The number of nitrogens with one attached hydrogen (secondary N) is 1. The van der Waals surface area contributed by atoms with Crippen molar-refractivity contribution >= 4 is 6.08 Å². The highest BCUT2D eigenvalue weighted by Crippen LogP contribution is 2.15. The number of hydrogen-bond acceptors (Lipinski definition) is 1. The van der Waals surface area contributed by atoms with E-state index in [0.717, 1.165) is 24.9 Å². The molecule has 0 saturated carbocycles. The summed E-state index contributed by atoms with van der Waals surface area (Å²) in [6.45, 7) is 0.949. The first-order valence-electron chi connectivity index (χ1n) is 5.97. The van der Waals surface area contributed by atoms with Crippen LogP contribution in [-0.4, -0.2) is 18.8 Å². The zero-order chi connectivity index (χ0) is 11.2. The van der Waals surface area contributed by atoms with Gasteiger partial charge in [-0.25, -0.2) is 4.39 Å². The molecule has 1 aliphatic heterocycles. The van der Waals surface area contributed by atoms with E-state index in [1.807, 2.05) is 36.4 Å². The standard InChI is InChI=1S/C14H18FN/c15-13(14-8-4-5-11-16-14)10-9-12-6-2-1-3-7-12/h1-3,6-7,9-10,13-14,16H,4-5,8,11H2. The summed E-state index contributed by atoms with van der Waals surface area (Å²) < 4.78 is 13.8. The van der Waals surface area contributed by atoms with Crippen LogP contribution < -0.4 is 5.32 Å². The van der Waals surface area contributed by atoms with Gasteiger partial charge in [0.2, 0.25) is 0 Å². The molecule has 0 aliphatic carbocycles. The topological polar surface area (TPSA) is 12.0 Å². The zero-order valence-corrected chi connectivity index (χ0v) is 9.40. The molecule has 2 atom stereocenters. The molecule has 1 nitrogen and oxygen atoms in total. The first kappa shape index (κ1) is 11.3. The van der Waals surface area contributed by atoms with Gasteiger partial charge in [-0.1, -0.05) is 42.8 Å². The number of piperidine rings is 1. The summed E-state index contributed by atoms with van der Waals surface area (Å²) in [4.78, 5) is 0. The molecule has 1 saturated heterocycles. The number of hydrogen-bond donors (Lipinski definition) is 1. The van der Waals surface area contributed by atoms with Crippen molar-refractivity contribution < 1.29 is 4.39 Å². The average Bonchev–Trinajstić information content (AvgIpc) is 2.38. The molecular formula is C14H18FN. The molecule has 1 aromatic carbocycles. The monoisotopic (exact) mass is 219 g/mol. The molecule has 2 heteroatoms. The molecule has 2 rings (SSSR count). The van der Waals surface area contributed by atoms with Crippen molar-refractivity contribution in [1.82, 2.24) is 5.32 Å². The van der Waals surface area contributed by atoms with Gasteiger partial charge >= 0.3 is 0 Å². The lowest BCUT2D eigenvalue weighted by Gasteiger charge is -2.24. The molecule has 1 aliphatic rings. The molecule has 2 unspecified atom stereocenters. The predicted octanol–water partition coefficient (Wildman–Crippen LogP) is 3.18. The van der Waals surface area contributed by atoms with E-state index in [4.69, 9.17) is 0 Å². The highest BCUT2D eigenvalue weighted by molar-refractivity contribution is 5.49. The number of rotatable bonds is 3. The van der Waals surface area contributed by atoms with Crippen LogP contribution in [0.25, 0.3) is 6.08 Å². The Labute approximate surface area is 96.4 Å². The summed E-state index contributed by atoms with van der Waals surface area (Å²) in [6.07, 6.45) is 5.91. The third kappa shape index (κ3) is 3.17. The van der Waals surface area contributed by atoms with Crippen molar-refractivity contribution in [3.63, 3.8) is 0 Å². The van der Waals surface area contributed by atoms with E-state index in [1.54, 1.807) is 6.08 Å². The van der Waals surface area contributed by atoms with Crippen molar-refractivity contribution in [3.05, 3.63) is 42.0 Å². The lowest BCUT2D eigenvalue weighted by molar-refractivity contribution is 0.261. The molecule has 0 radical (unpaired) electrons. The normalized spacial score (nSPS) is 23.4. The second-order valence-electron chi connectivity index (χ2n) is 4.27. The Morgan fingerprint density at radius 3 is 2.75 bits per heavy atom. The van der Waals surface area contributed by atoms with Crippen LogP contribution in [0.3, 0.4) is 0 Å². The fourth-order valence-electron chi connectivity index (χ4n) is 2.05. The number of benzene rings is 1. The van der Waals surface area contributed by atoms with E-state index in [2.05, 4.69) is 5.32 Å². The van der Waals surface area contributed by atoms with Gasteiger partial charge in [0.05, 0.1) is 0 Å². The molecule has 1 fully saturated rings. The predicted molar refractivity (Wildman–Crippen MR) is 66.0 cm³/mol. The largest absolute Gasteiger partial charge is 0.311 e. The summed E-state index contributed by atoms with van der Waals surface area (Å²) in [6, 6.07) is 9.87. The maximum Gasteiger partial charge on any atom is 0.134 e. The van der Waals surface area contributed by atoms with Gasteiger partial charge in [0.25, 0.3) is 0 Å². The van der Waals surface area contributed by atoms with E-state index in [0.29, 0.717) is 0 Å². The Bertz CT molecular complexity index is 328. The minimum Gasteiger partial charge on any atom is -0.311 e. The van der Waals surface area contributed by atoms with Crippen LogP contribution in [0.4, 0.5) is 4.39 Å². The van der Waals surface area contributed by atoms with Crippen LogP contribution in [0.5, 0.6) is 0 Å². The quantitative estimate of drug-likeness (QED) is 0.823. The van der Waals surface area contributed by atoms with Crippen LogP contribution in [0.1, 0.15) is 24.8 Å². The third-order valence-corrected chi connectivity index (χ3v) is 3.00. The smallest absolute Gasteiger partial charge is 0.134 e. The summed E-state index contributed by atoms with van der Waals surface area (Å²) in [5, 5.41) is 3.23. The Hall–Kier alpha value is -1.15. The first-order valence-corrected chi connectivity index (χ1v) is 5.97. The minimum atomic E-state index is -0.875. The summed E-state index contributed by atoms with van der Waals surface area (Å²) in [7, 11) is 0. The van der Waals surface area contributed by atoms with E-state index >= 15 is 0 Å². The zero-order valence-electron chi connectivity index (χ0n) is 9.40. The van der Waals surface area contributed by atoms with Crippen molar-refractivity contribution in [2.24, 2.45) is 0 Å². The second kappa shape index (κ2) is 5.80. The van der Waals surface area contributed by atoms with Crippen LogP contribution in [0.2, 0.25) is 0 Å². The fraction of sp³-hybridized carbons (Fsp3) is 0.429. The van der Waals surface area contributed by atoms with Crippen LogP contribution >= 0.6 is 0 Å². The van der Waals surface area contributed by atoms with Crippen molar-refractivity contribution in [1.29, 1.82) is 0 Å². The molecule has 0 amide bonds. The molecule has 0 bridgehead atoms. The van der Waals surface area contributed by atoms with Crippen LogP contribution in [0, 0.1) is 0 Å². The Kier molecular flexibility index (Phi) is 4.11. The summed E-state index contributed by atoms with van der Waals surface area (Å²) in [5.74, 6) is 0. The van der Waals surface area contributed by atoms with Crippen LogP contribution in [-0.2, 0) is 0 Å². The highest BCUT2D eigenvalue weighted by atomic mass is 19.1. The molecule has 1 N–H and O–H groups in total. The van der Waals surface area contributed by atoms with Gasteiger partial charge in [0.1, 0.15) is 6.17 Å². The second-order valence-corrected chi connectivity index (χ2v) is 4.27. The third-order valence-electron chi connectivity index (χ3n) is 3.00. The van der Waals surface area contributed by atoms with E-state index in [1.165, 1.54) is 6.42 Å². The molecule has 1 heterocycles. The van der Waals surface area contributed by atoms with Gasteiger partial charge in [-0.05, 0) is 31.0 Å². The van der Waals surface area contributed by atoms with Gasteiger partial charge in [-0.3, -0.25) is 0 Å². The van der Waals surface area contributed by atoms with Crippen molar-refractivity contribution in [2.45, 2.75) is 31.5 Å². The van der Waals surface area contributed by atoms with Gasteiger partial charge < -0.3 is 5.32 Å². The van der Waals surface area contributed by atoms with Gasteiger partial charge in [-0.2, -0.15) is 0 Å². The Morgan fingerprint density at radius 2 is 2.06 bits per heavy atom. The minimum absolute atomic E-state index is 0.00807. The van der Waals surface area contributed by atoms with E-state index in [-0.39, 0.29) is 6.04 Å². The maximum atomic E-state index is 13.8. The SMILES string of the molecule is FC(C=Cc1ccccc1)C1CCCCN1.